The summed E-state index contributed by atoms with van der Waals surface area (Å²) in [5.74, 6) is 1.55. The summed E-state index contributed by atoms with van der Waals surface area (Å²) >= 11 is 0. The van der Waals surface area contributed by atoms with E-state index in [0.29, 0.717) is 37.2 Å². The minimum absolute atomic E-state index is 0. The summed E-state index contributed by atoms with van der Waals surface area (Å²) in [6, 6.07) is 16.6. The Hall–Kier alpha value is -1.87. The Kier molecular flexibility index (Phi) is 9.59. The smallest absolute Gasteiger partial charge is 0.213 e. The van der Waals surface area contributed by atoms with Crippen molar-refractivity contribution >= 4 is 29.9 Å². The van der Waals surface area contributed by atoms with Crippen molar-refractivity contribution in [3.8, 4) is 5.88 Å². The highest BCUT2D eigenvalue weighted by atomic mass is 127. The van der Waals surface area contributed by atoms with Crippen LogP contribution in [0.5, 0.6) is 5.88 Å². The fraction of sp³-hybridized carbons (Fsp3) is 0.520. The van der Waals surface area contributed by atoms with E-state index in [1.54, 1.807) is 0 Å². The van der Waals surface area contributed by atoms with Crippen molar-refractivity contribution in [2.75, 3.05) is 13.7 Å². The normalized spacial score (nSPS) is 22.8. The predicted octanol–water partition coefficient (Wildman–Crippen LogP) is 4.35. The van der Waals surface area contributed by atoms with Crippen LogP contribution in [0.3, 0.4) is 0 Å². The minimum atomic E-state index is 0. The number of pyridine rings is 1. The third kappa shape index (κ3) is 6.57. The number of aromatic nitrogens is 1. The molecule has 2 unspecified atom stereocenters. The molecule has 2 fully saturated rings. The summed E-state index contributed by atoms with van der Waals surface area (Å²) in [6.07, 6.45) is 7.82. The fourth-order valence-electron chi connectivity index (χ4n) is 4.83. The molecule has 0 aliphatic carbocycles. The van der Waals surface area contributed by atoms with Gasteiger partial charge in [0.05, 0.1) is 6.61 Å². The van der Waals surface area contributed by atoms with E-state index >= 15 is 0 Å². The monoisotopic (exact) mass is 549 g/mol. The number of guanidine groups is 1. The van der Waals surface area contributed by atoms with Crippen LogP contribution in [0.1, 0.15) is 50.2 Å². The first-order valence-corrected chi connectivity index (χ1v) is 11.6. The first-order chi connectivity index (χ1) is 15.2. The van der Waals surface area contributed by atoms with Crippen LogP contribution in [-0.4, -0.2) is 47.6 Å². The largest absolute Gasteiger partial charge is 0.478 e. The van der Waals surface area contributed by atoms with Crippen LogP contribution in [0.2, 0.25) is 0 Å². The van der Waals surface area contributed by atoms with Crippen LogP contribution < -0.4 is 15.4 Å². The molecule has 0 spiro atoms. The van der Waals surface area contributed by atoms with Gasteiger partial charge in [0, 0.05) is 50.5 Å². The molecule has 1 aromatic carbocycles. The van der Waals surface area contributed by atoms with Crippen molar-refractivity contribution in [1.29, 1.82) is 0 Å². The van der Waals surface area contributed by atoms with Gasteiger partial charge in [-0.15, -0.1) is 24.0 Å². The maximum absolute atomic E-state index is 5.56. The molecule has 2 atom stereocenters. The van der Waals surface area contributed by atoms with Crippen molar-refractivity contribution in [3.05, 3.63) is 59.8 Å². The molecule has 0 saturated carbocycles. The lowest BCUT2D eigenvalue weighted by molar-refractivity contribution is 0.114. The highest BCUT2D eigenvalue weighted by Gasteiger charge is 2.40. The fourth-order valence-corrected chi connectivity index (χ4v) is 4.83. The molecule has 1 aromatic heterocycles. The number of ether oxygens (including phenoxy) is 1. The molecule has 2 aliphatic rings. The molecule has 2 bridgehead atoms. The first-order valence-electron chi connectivity index (χ1n) is 11.6. The number of hydrogen-bond donors (Lipinski definition) is 2. The van der Waals surface area contributed by atoms with E-state index in [2.05, 4.69) is 68.8 Å². The van der Waals surface area contributed by atoms with E-state index in [0.717, 1.165) is 24.5 Å². The van der Waals surface area contributed by atoms with Crippen LogP contribution in [0.4, 0.5) is 0 Å². The number of halogens is 1. The average Bonchev–Trinajstić information content (AvgIpc) is 3.04. The molecule has 174 valence electrons. The maximum Gasteiger partial charge on any atom is 0.213 e. The summed E-state index contributed by atoms with van der Waals surface area (Å²) in [7, 11) is 1.84. The Balaban J connectivity index is 0.00000289. The Morgan fingerprint density at radius 3 is 2.47 bits per heavy atom. The molecule has 2 saturated heterocycles. The Labute approximate surface area is 209 Å². The molecule has 0 amide bonds. The summed E-state index contributed by atoms with van der Waals surface area (Å²) in [4.78, 5) is 11.5. The van der Waals surface area contributed by atoms with Crippen molar-refractivity contribution in [2.24, 2.45) is 4.99 Å². The van der Waals surface area contributed by atoms with Gasteiger partial charge in [-0.05, 0) is 43.2 Å². The van der Waals surface area contributed by atoms with E-state index < -0.39 is 0 Å². The molecule has 6 nitrogen and oxygen atoms in total. The molecule has 2 aliphatic heterocycles. The molecular weight excluding hydrogens is 513 g/mol. The van der Waals surface area contributed by atoms with E-state index in [4.69, 9.17) is 4.74 Å². The van der Waals surface area contributed by atoms with Gasteiger partial charge in [-0.25, -0.2) is 4.98 Å². The number of benzene rings is 1. The number of nitrogens with one attached hydrogen (secondary N) is 2. The standard InChI is InChI=1S/C25H35N5O.HI/c1-3-13-31-24-12-9-20(16-27-24)17-28-25(26-2)29-21-14-22-10-11-23(15-21)30(22)18-19-7-5-4-6-8-19;/h4-9,12,16,21-23H,3,10-11,13-15,17-18H2,1-2H3,(H2,26,28,29);1H. The van der Waals surface area contributed by atoms with Crippen molar-refractivity contribution < 1.29 is 4.74 Å². The Morgan fingerprint density at radius 1 is 1.09 bits per heavy atom. The van der Waals surface area contributed by atoms with E-state index in [-0.39, 0.29) is 24.0 Å². The van der Waals surface area contributed by atoms with Crippen molar-refractivity contribution in [1.82, 2.24) is 20.5 Å². The van der Waals surface area contributed by atoms with Crippen LogP contribution in [-0.2, 0) is 13.1 Å². The molecule has 2 aromatic rings. The lowest BCUT2D eigenvalue weighted by atomic mass is 9.96. The SMILES string of the molecule is CCCOc1ccc(CNC(=NC)NC2CC3CCC(C2)N3Cc2ccccc2)cn1.I. The van der Waals surface area contributed by atoms with Gasteiger partial charge in [0.15, 0.2) is 5.96 Å². The summed E-state index contributed by atoms with van der Waals surface area (Å²) in [6.45, 7) is 4.56. The van der Waals surface area contributed by atoms with Gasteiger partial charge in [0.2, 0.25) is 5.88 Å². The zero-order valence-corrected chi connectivity index (χ0v) is 21.5. The Morgan fingerprint density at radius 2 is 1.84 bits per heavy atom. The quantitative estimate of drug-likeness (QED) is 0.292. The van der Waals surface area contributed by atoms with E-state index in [9.17, 15) is 0 Å². The summed E-state index contributed by atoms with van der Waals surface area (Å²) in [5.41, 5.74) is 2.53. The van der Waals surface area contributed by atoms with Gasteiger partial charge < -0.3 is 15.4 Å². The molecule has 7 heteroatoms. The zero-order valence-electron chi connectivity index (χ0n) is 19.2. The second-order valence-electron chi connectivity index (χ2n) is 8.63. The van der Waals surface area contributed by atoms with Gasteiger partial charge in [-0.1, -0.05) is 43.3 Å². The molecular formula is C25H36IN5O. The van der Waals surface area contributed by atoms with Gasteiger partial charge >= 0.3 is 0 Å². The number of hydrogen-bond acceptors (Lipinski definition) is 4. The number of nitrogens with zero attached hydrogens (tertiary/aromatic N) is 3. The number of aliphatic imine (C=N–C) groups is 1. The van der Waals surface area contributed by atoms with Crippen LogP contribution in [0, 0.1) is 0 Å². The highest BCUT2D eigenvalue weighted by Crippen LogP contribution is 2.36. The van der Waals surface area contributed by atoms with Gasteiger partial charge in [0.25, 0.3) is 0 Å². The highest BCUT2D eigenvalue weighted by molar-refractivity contribution is 14.0. The van der Waals surface area contributed by atoms with E-state index in [1.807, 2.05) is 19.3 Å². The number of fused-ring (bicyclic) bond motifs is 2. The third-order valence-electron chi connectivity index (χ3n) is 6.37. The predicted molar refractivity (Wildman–Crippen MR) is 141 cm³/mol. The Bertz CT molecular complexity index is 831. The molecule has 2 N–H and O–H groups in total. The zero-order chi connectivity index (χ0) is 21.5. The van der Waals surface area contributed by atoms with E-state index in [1.165, 1.54) is 31.2 Å². The molecule has 0 radical (unpaired) electrons. The molecule has 4 rings (SSSR count). The number of piperidine rings is 1. The van der Waals surface area contributed by atoms with Gasteiger partial charge in [-0.3, -0.25) is 9.89 Å². The van der Waals surface area contributed by atoms with Crippen LogP contribution in [0.25, 0.3) is 0 Å². The summed E-state index contributed by atoms with van der Waals surface area (Å²) < 4.78 is 5.56. The van der Waals surface area contributed by atoms with Crippen molar-refractivity contribution in [3.63, 3.8) is 0 Å². The first kappa shape index (κ1) is 24.8. The second-order valence-corrected chi connectivity index (χ2v) is 8.63. The van der Waals surface area contributed by atoms with Crippen molar-refractivity contribution in [2.45, 2.75) is 70.2 Å². The molecule has 32 heavy (non-hydrogen) atoms. The van der Waals surface area contributed by atoms with Gasteiger partial charge in [-0.2, -0.15) is 0 Å². The minimum Gasteiger partial charge on any atom is -0.478 e. The van der Waals surface area contributed by atoms with Crippen LogP contribution in [0.15, 0.2) is 53.7 Å². The third-order valence-corrected chi connectivity index (χ3v) is 6.37. The average molecular weight is 550 g/mol. The maximum atomic E-state index is 5.56. The molecule has 3 heterocycles. The second kappa shape index (κ2) is 12.4. The topological polar surface area (TPSA) is 61.8 Å². The lowest BCUT2D eigenvalue weighted by Gasteiger charge is -2.39. The summed E-state index contributed by atoms with van der Waals surface area (Å²) in [5, 5.41) is 7.11. The van der Waals surface area contributed by atoms with Crippen LogP contribution >= 0.6 is 24.0 Å². The van der Waals surface area contributed by atoms with Gasteiger partial charge in [0.1, 0.15) is 0 Å². The number of rotatable bonds is 8. The lowest BCUT2D eigenvalue weighted by Crippen LogP contribution is -2.52.